The first-order chi connectivity index (χ1) is 12.9. The van der Waals surface area contributed by atoms with E-state index in [4.69, 9.17) is 9.15 Å². The van der Waals surface area contributed by atoms with Gasteiger partial charge in [0.15, 0.2) is 6.61 Å². The van der Waals surface area contributed by atoms with Crippen LogP contribution in [-0.2, 0) is 16.8 Å². The van der Waals surface area contributed by atoms with Gasteiger partial charge in [-0.15, -0.1) is 10.2 Å². The fourth-order valence-corrected chi connectivity index (χ4v) is 2.36. The summed E-state index contributed by atoms with van der Waals surface area (Å²) in [6.45, 7) is 6.50. The van der Waals surface area contributed by atoms with Crippen molar-refractivity contribution >= 4 is 5.91 Å². The van der Waals surface area contributed by atoms with E-state index in [1.807, 2.05) is 24.3 Å². The lowest BCUT2D eigenvalue weighted by Gasteiger charge is -2.19. The summed E-state index contributed by atoms with van der Waals surface area (Å²) in [5.74, 6) is 1.09. The molecule has 0 unspecified atom stereocenters. The van der Waals surface area contributed by atoms with E-state index >= 15 is 0 Å². The first kappa shape index (κ1) is 18.6. The summed E-state index contributed by atoms with van der Waals surface area (Å²) in [5.41, 5.74) is 2.06. The van der Waals surface area contributed by atoms with Gasteiger partial charge in [0.2, 0.25) is 11.8 Å². The zero-order chi connectivity index (χ0) is 19.3. The Morgan fingerprint density at radius 2 is 1.78 bits per heavy atom. The van der Waals surface area contributed by atoms with Gasteiger partial charge in [-0.3, -0.25) is 9.78 Å². The third-order valence-electron chi connectivity index (χ3n) is 3.92. The van der Waals surface area contributed by atoms with Crippen molar-refractivity contribution in [2.24, 2.45) is 0 Å². The van der Waals surface area contributed by atoms with Crippen LogP contribution < -0.4 is 10.1 Å². The summed E-state index contributed by atoms with van der Waals surface area (Å²) in [6, 6.07) is 11.3. The topological polar surface area (TPSA) is 90.1 Å². The molecule has 3 rings (SSSR count). The van der Waals surface area contributed by atoms with E-state index < -0.39 is 0 Å². The number of hydrogen-bond donors (Lipinski definition) is 1. The van der Waals surface area contributed by atoms with Crippen molar-refractivity contribution in [1.82, 2.24) is 20.5 Å². The van der Waals surface area contributed by atoms with Gasteiger partial charge in [0.25, 0.3) is 5.91 Å². The number of rotatable bonds is 6. The molecule has 0 fully saturated rings. The lowest BCUT2D eigenvalue weighted by atomic mass is 9.87. The van der Waals surface area contributed by atoms with Crippen molar-refractivity contribution in [3.8, 4) is 17.2 Å². The van der Waals surface area contributed by atoms with Crippen LogP contribution in [0, 0.1) is 0 Å². The van der Waals surface area contributed by atoms with Gasteiger partial charge in [0, 0.05) is 18.0 Å². The number of aromatic nitrogens is 3. The summed E-state index contributed by atoms with van der Waals surface area (Å²) >= 11 is 0. The van der Waals surface area contributed by atoms with E-state index in [0.717, 1.165) is 5.56 Å². The van der Waals surface area contributed by atoms with Gasteiger partial charge < -0.3 is 14.5 Å². The van der Waals surface area contributed by atoms with Crippen LogP contribution in [0.25, 0.3) is 11.5 Å². The number of carbonyl (C=O) groups is 1. The van der Waals surface area contributed by atoms with Crippen molar-refractivity contribution in [2.75, 3.05) is 6.61 Å². The van der Waals surface area contributed by atoms with Crippen LogP contribution >= 0.6 is 0 Å². The standard InChI is InChI=1S/C20H22N4O3/c1-20(2,3)15-4-6-16(7-5-15)26-13-17(25)22-12-18-23-24-19(27-18)14-8-10-21-11-9-14/h4-11H,12-13H2,1-3H3,(H,22,25). The normalized spacial score (nSPS) is 11.2. The predicted molar refractivity (Wildman–Crippen MR) is 100 cm³/mol. The van der Waals surface area contributed by atoms with Crippen LogP contribution in [0.5, 0.6) is 5.75 Å². The van der Waals surface area contributed by atoms with Gasteiger partial charge in [-0.2, -0.15) is 0 Å². The molecule has 140 valence electrons. The maximum atomic E-state index is 12.0. The summed E-state index contributed by atoms with van der Waals surface area (Å²) in [5, 5.41) is 10.6. The van der Waals surface area contributed by atoms with Crippen LogP contribution in [0.4, 0.5) is 0 Å². The van der Waals surface area contributed by atoms with Gasteiger partial charge >= 0.3 is 0 Å². The highest BCUT2D eigenvalue weighted by Gasteiger charge is 2.13. The predicted octanol–water partition coefficient (Wildman–Crippen LogP) is 3.12. The molecule has 2 heterocycles. The molecule has 1 aromatic carbocycles. The van der Waals surface area contributed by atoms with Crippen LogP contribution in [0.1, 0.15) is 32.2 Å². The van der Waals surface area contributed by atoms with Crippen LogP contribution in [-0.4, -0.2) is 27.7 Å². The highest BCUT2D eigenvalue weighted by atomic mass is 16.5. The van der Waals surface area contributed by atoms with Crippen LogP contribution in [0.3, 0.4) is 0 Å². The molecular weight excluding hydrogens is 344 g/mol. The third kappa shape index (κ3) is 5.13. The molecule has 0 atom stereocenters. The molecule has 3 aromatic rings. The molecule has 0 spiro atoms. The molecule has 1 amide bonds. The highest BCUT2D eigenvalue weighted by Crippen LogP contribution is 2.24. The van der Waals surface area contributed by atoms with Crippen molar-refractivity contribution in [2.45, 2.75) is 32.7 Å². The Morgan fingerprint density at radius 3 is 2.44 bits per heavy atom. The van der Waals surface area contributed by atoms with Crippen LogP contribution in [0.2, 0.25) is 0 Å². The number of carbonyl (C=O) groups excluding carboxylic acids is 1. The van der Waals surface area contributed by atoms with Crippen molar-refractivity contribution in [3.05, 3.63) is 60.2 Å². The van der Waals surface area contributed by atoms with E-state index in [0.29, 0.717) is 17.5 Å². The number of pyridine rings is 1. The minimum absolute atomic E-state index is 0.0785. The zero-order valence-corrected chi connectivity index (χ0v) is 15.6. The number of benzene rings is 1. The van der Waals surface area contributed by atoms with Crippen molar-refractivity contribution in [3.63, 3.8) is 0 Å². The molecule has 0 bridgehead atoms. The Morgan fingerprint density at radius 1 is 1.07 bits per heavy atom. The van der Waals surface area contributed by atoms with Gasteiger partial charge in [-0.25, -0.2) is 0 Å². The minimum atomic E-state index is -0.265. The van der Waals surface area contributed by atoms with Crippen molar-refractivity contribution in [1.29, 1.82) is 0 Å². The summed E-state index contributed by atoms with van der Waals surface area (Å²) in [7, 11) is 0. The second kappa shape index (κ2) is 7.99. The monoisotopic (exact) mass is 366 g/mol. The second-order valence-corrected chi connectivity index (χ2v) is 7.08. The maximum absolute atomic E-state index is 12.0. The molecule has 7 nitrogen and oxygen atoms in total. The third-order valence-corrected chi connectivity index (χ3v) is 3.92. The molecule has 0 aliphatic rings. The Balaban J connectivity index is 1.47. The Labute approximate surface area is 157 Å². The van der Waals surface area contributed by atoms with E-state index in [-0.39, 0.29) is 24.5 Å². The smallest absolute Gasteiger partial charge is 0.258 e. The van der Waals surface area contributed by atoms with Crippen LogP contribution in [0.15, 0.2) is 53.2 Å². The van der Waals surface area contributed by atoms with Crippen molar-refractivity contribution < 1.29 is 13.9 Å². The van der Waals surface area contributed by atoms with E-state index in [1.54, 1.807) is 24.5 Å². The van der Waals surface area contributed by atoms with Gasteiger partial charge in [0.1, 0.15) is 5.75 Å². The summed E-state index contributed by atoms with van der Waals surface area (Å²) in [6.07, 6.45) is 3.29. The average molecular weight is 366 g/mol. The Kier molecular flexibility index (Phi) is 5.49. The van der Waals surface area contributed by atoms with E-state index in [9.17, 15) is 4.79 Å². The fraction of sp³-hybridized carbons (Fsp3) is 0.300. The molecule has 2 aromatic heterocycles. The molecular formula is C20H22N4O3. The average Bonchev–Trinajstić information content (AvgIpc) is 3.14. The summed E-state index contributed by atoms with van der Waals surface area (Å²) in [4.78, 5) is 15.9. The molecule has 0 radical (unpaired) electrons. The first-order valence-electron chi connectivity index (χ1n) is 8.64. The molecule has 7 heteroatoms. The first-order valence-corrected chi connectivity index (χ1v) is 8.64. The molecule has 0 aliphatic carbocycles. The van der Waals surface area contributed by atoms with Gasteiger partial charge in [0.05, 0.1) is 6.54 Å². The number of amides is 1. The number of ether oxygens (including phenoxy) is 1. The SMILES string of the molecule is CC(C)(C)c1ccc(OCC(=O)NCc2nnc(-c3ccncc3)o2)cc1. The quantitative estimate of drug-likeness (QED) is 0.721. The molecule has 27 heavy (non-hydrogen) atoms. The van der Waals surface area contributed by atoms with Gasteiger partial charge in [-0.05, 0) is 35.2 Å². The Hall–Kier alpha value is -3.22. The second-order valence-electron chi connectivity index (χ2n) is 7.08. The van der Waals surface area contributed by atoms with E-state index in [2.05, 4.69) is 41.3 Å². The number of nitrogens with one attached hydrogen (secondary N) is 1. The number of nitrogens with zero attached hydrogens (tertiary/aromatic N) is 3. The lowest BCUT2D eigenvalue weighted by molar-refractivity contribution is -0.123. The molecule has 0 aliphatic heterocycles. The molecule has 1 N–H and O–H groups in total. The van der Waals surface area contributed by atoms with E-state index in [1.165, 1.54) is 5.56 Å². The maximum Gasteiger partial charge on any atom is 0.258 e. The highest BCUT2D eigenvalue weighted by molar-refractivity contribution is 5.77. The number of hydrogen-bond acceptors (Lipinski definition) is 6. The largest absolute Gasteiger partial charge is 0.484 e. The zero-order valence-electron chi connectivity index (χ0n) is 15.6. The minimum Gasteiger partial charge on any atom is -0.484 e. The molecule has 0 saturated heterocycles. The molecule has 0 saturated carbocycles. The Bertz CT molecular complexity index is 884. The van der Waals surface area contributed by atoms with Gasteiger partial charge in [-0.1, -0.05) is 32.9 Å². The lowest BCUT2D eigenvalue weighted by Crippen LogP contribution is -2.28. The summed E-state index contributed by atoms with van der Waals surface area (Å²) < 4.78 is 11.0. The fourth-order valence-electron chi connectivity index (χ4n) is 2.36.